The molecular weight excluding hydrogens is 531 g/mol. The van der Waals surface area contributed by atoms with E-state index in [2.05, 4.69) is 161 Å². The minimum Gasteiger partial charge on any atom is -0.401 e. The van der Waals surface area contributed by atoms with Gasteiger partial charge >= 0.3 is 7.55 Å². The molecule has 221 valence electrons. The number of hydrogen-bond donors (Lipinski definition) is 0. The Labute approximate surface area is 252 Å². The number of para-hydroxylation sites is 2. The van der Waals surface area contributed by atoms with Crippen molar-refractivity contribution in [1.82, 2.24) is 0 Å². The minimum absolute atomic E-state index is 0.478. The summed E-state index contributed by atoms with van der Waals surface area (Å²) < 4.78 is 0. The first kappa shape index (κ1) is 33.3. The first-order valence-electron chi connectivity index (χ1n) is 15.9. The minimum atomic E-state index is -1.90. The van der Waals surface area contributed by atoms with Gasteiger partial charge in [0.05, 0.1) is 24.2 Å². The highest BCUT2D eigenvalue weighted by atomic mass is 28.4. The normalized spacial score (nSPS) is 20.2. The van der Waals surface area contributed by atoms with Crippen LogP contribution in [-0.2, 0) is 0 Å². The van der Waals surface area contributed by atoms with E-state index in [1.807, 2.05) is 0 Å². The molecule has 0 spiro atoms. The van der Waals surface area contributed by atoms with Crippen molar-refractivity contribution in [2.24, 2.45) is 0 Å². The van der Waals surface area contributed by atoms with Gasteiger partial charge in [-0.05, 0) is 45.9 Å². The SMILES string of the molecule is CC(C)c1cccc(C(C)C)c1N1[B]N(c2c(C(C)C)cccc2C(C)C)[C@@H]([Si](C)(C)C)[Si](C)(C)[C@@H]1[Si](C)(C)C. The molecule has 0 aliphatic carbocycles. The molecule has 0 saturated carbocycles. The number of hydrogen-bond acceptors (Lipinski definition) is 2. The highest BCUT2D eigenvalue weighted by Gasteiger charge is 2.59. The number of rotatable bonds is 8. The van der Waals surface area contributed by atoms with Crippen molar-refractivity contribution in [2.45, 2.75) is 142 Å². The summed E-state index contributed by atoms with van der Waals surface area (Å²) in [7, 11) is -2.49. The molecule has 0 aromatic heterocycles. The molecular formula is C34H60BN2Si3. The lowest BCUT2D eigenvalue weighted by atomic mass is 9.86. The Morgan fingerprint density at radius 2 is 0.800 bits per heavy atom. The van der Waals surface area contributed by atoms with Crippen LogP contribution in [0.2, 0.25) is 52.4 Å². The lowest BCUT2D eigenvalue weighted by Crippen LogP contribution is -2.83. The lowest BCUT2D eigenvalue weighted by Gasteiger charge is -2.63. The van der Waals surface area contributed by atoms with E-state index in [-0.39, 0.29) is 0 Å². The standard InChI is InChI=1S/C34H60BN2Si3/c1-23(2)27-19-17-20-28(24(3)4)31(27)36-33(38(9,10)11)40(15,16)34(39(12,13)14)37(35-36)32-29(25(5)6)21-18-22-30(32)26(7)8/h17-26,33-34H,1-16H3/t33-,34-/m0/s1. The molecule has 1 fully saturated rings. The van der Waals surface area contributed by atoms with Crippen LogP contribution in [0.25, 0.3) is 0 Å². The van der Waals surface area contributed by atoms with Crippen LogP contribution in [-0.4, -0.2) is 42.3 Å². The quantitative estimate of drug-likeness (QED) is 0.282. The summed E-state index contributed by atoms with van der Waals surface area (Å²) in [5.74, 6) is 1.91. The molecule has 1 saturated heterocycles. The average Bonchev–Trinajstić information content (AvgIpc) is 2.79. The van der Waals surface area contributed by atoms with Crippen LogP contribution < -0.4 is 9.62 Å². The van der Waals surface area contributed by atoms with Gasteiger partial charge in [0.1, 0.15) is 0 Å². The van der Waals surface area contributed by atoms with E-state index in [4.69, 9.17) is 0 Å². The van der Waals surface area contributed by atoms with Gasteiger partial charge in [-0.2, -0.15) is 0 Å². The van der Waals surface area contributed by atoms with E-state index in [1.54, 1.807) is 0 Å². The third-order valence-electron chi connectivity index (χ3n) is 9.06. The first-order chi connectivity index (χ1) is 18.2. The molecule has 2 aromatic carbocycles. The molecule has 3 rings (SSSR count). The van der Waals surface area contributed by atoms with E-state index in [0.29, 0.717) is 34.2 Å². The van der Waals surface area contributed by atoms with E-state index < -0.39 is 24.2 Å². The fraction of sp³-hybridized carbons (Fsp3) is 0.647. The van der Waals surface area contributed by atoms with Gasteiger partial charge in [-0.1, -0.05) is 144 Å². The molecule has 2 atom stereocenters. The fourth-order valence-electron chi connectivity index (χ4n) is 8.19. The van der Waals surface area contributed by atoms with Gasteiger partial charge in [0.25, 0.3) is 0 Å². The van der Waals surface area contributed by atoms with Crippen LogP contribution in [0.3, 0.4) is 0 Å². The Kier molecular flexibility index (Phi) is 9.81. The van der Waals surface area contributed by atoms with Gasteiger partial charge in [-0.25, -0.2) is 0 Å². The molecule has 1 aliphatic rings. The zero-order valence-corrected chi connectivity index (χ0v) is 31.9. The largest absolute Gasteiger partial charge is 0.401 e. The highest BCUT2D eigenvalue weighted by Crippen LogP contribution is 2.47. The van der Waals surface area contributed by atoms with Crippen LogP contribution >= 0.6 is 0 Å². The summed E-state index contributed by atoms with van der Waals surface area (Å²) in [6.45, 7) is 40.4. The monoisotopic (exact) mass is 591 g/mol. The van der Waals surface area contributed by atoms with Crippen molar-refractivity contribution in [3.63, 3.8) is 0 Å². The molecule has 1 heterocycles. The maximum absolute atomic E-state index is 2.88. The predicted molar refractivity (Wildman–Crippen MR) is 192 cm³/mol. The molecule has 1 radical (unpaired) electrons. The Bertz CT molecular complexity index is 1030. The second kappa shape index (κ2) is 11.8. The van der Waals surface area contributed by atoms with Crippen molar-refractivity contribution in [3.8, 4) is 0 Å². The molecule has 0 unspecified atom stereocenters. The highest BCUT2D eigenvalue weighted by molar-refractivity contribution is 7.08. The Morgan fingerprint density at radius 1 is 0.550 bits per heavy atom. The summed E-state index contributed by atoms with van der Waals surface area (Å²) in [4.78, 5) is 5.75. The van der Waals surface area contributed by atoms with Crippen molar-refractivity contribution in [1.29, 1.82) is 0 Å². The van der Waals surface area contributed by atoms with E-state index in [0.717, 1.165) is 0 Å². The van der Waals surface area contributed by atoms with Gasteiger partial charge in [-0.3, -0.25) is 0 Å². The summed E-state index contributed by atoms with van der Waals surface area (Å²) in [6.07, 6.45) is 0. The van der Waals surface area contributed by atoms with Crippen LogP contribution in [0.4, 0.5) is 11.4 Å². The predicted octanol–water partition coefficient (Wildman–Crippen LogP) is 10.3. The Balaban J connectivity index is 2.50. The van der Waals surface area contributed by atoms with Crippen LogP contribution in [0.5, 0.6) is 0 Å². The average molecular weight is 592 g/mol. The number of benzene rings is 2. The Hall–Kier alpha value is -1.24. The number of nitrogens with zero attached hydrogens (tertiary/aromatic N) is 2. The molecule has 2 nitrogen and oxygen atoms in total. The second-order valence-electron chi connectivity index (χ2n) is 16.5. The van der Waals surface area contributed by atoms with Crippen LogP contribution in [0.1, 0.15) is 101 Å². The van der Waals surface area contributed by atoms with Crippen molar-refractivity contribution in [3.05, 3.63) is 58.7 Å². The molecule has 6 heteroatoms. The van der Waals surface area contributed by atoms with E-state index >= 15 is 0 Å². The lowest BCUT2D eigenvalue weighted by molar-refractivity contribution is 0.805. The smallest absolute Gasteiger partial charge is 0.390 e. The van der Waals surface area contributed by atoms with Crippen molar-refractivity contribution >= 4 is 43.1 Å². The third kappa shape index (κ3) is 6.24. The zero-order chi connectivity index (χ0) is 30.5. The summed E-state index contributed by atoms with van der Waals surface area (Å²) in [6, 6.07) is 14.2. The van der Waals surface area contributed by atoms with E-state index in [9.17, 15) is 0 Å². The summed E-state index contributed by atoms with van der Waals surface area (Å²) >= 11 is 0. The number of anilines is 2. The maximum atomic E-state index is 2.88. The van der Waals surface area contributed by atoms with Crippen LogP contribution in [0.15, 0.2) is 36.4 Å². The second-order valence-corrected chi connectivity index (χ2v) is 32.9. The van der Waals surface area contributed by atoms with Gasteiger partial charge in [0.15, 0.2) is 0 Å². The summed E-state index contributed by atoms with van der Waals surface area (Å²) in [5, 5.41) is 1.25. The molecule has 1 aliphatic heterocycles. The molecule has 0 bridgehead atoms. The summed E-state index contributed by atoms with van der Waals surface area (Å²) in [5.41, 5.74) is 9.03. The molecule has 0 N–H and O–H groups in total. The van der Waals surface area contributed by atoms with Gasteiger partial charge in [-0.15, -0.1) is 0 Å². The van der Waals surface area contributed by atoms with Gasteiger partial charge in [0.2, 0.25) is 0 Å². The molecule has 0 amide bonds. The Morgan fingerprint density at radius 3 is 1.00 bits per heavy atom. The van der Waals surface area contributed by atoms with Crippen LogP contribution in [0, 0.1) is 0 Å². The molecule has 2 aromatic rings. The zero-order valence-electron chi connectivity index (χ0n) is 28.9. The van der Waals surface area contributed by atoms with E-state index in [1.165, 1.54) is 33.6 Å². The first-order valence-corrected chi connectivity index (χ1v) is 26.2. The van der Waals surface area contributed by atoms with Gasteiger partial charge in [0, 0.05) is 22.0 Å². The maximum Gasteiger partial charge on any atom is 0.390 e. The van der Waals surface area contributed by atoms with Crippen molar-refractivity contribution in [2.75, 3.05) is 9.62 Å². The van der Waals surface area contributed by atoms with Gasteiger partial charge < -0.3 is 9.62 Å². The molecule has 40 heavy (non-hydrogen) atoms. The fourth-order valence-corrected chi connectivity index (χ4v) is 31.7. The topological polar surface area (TPSA) is 6.48 Å². The van der Waals surface area contributed by atoms with Crippen molar-refractivity contribution < 1.29 is 0 Å². The third-order valence-corrected chi connectivity index (χ3v) is 25.9.